The third-order valence-corrected chi connectivity index (χ3v) is 2.77. The Kier molecular flexibility index (Phi) is 2.87. The SMILES string of the molecule is CNc1ccncc1N1CCCCC1. The number of aromatic nitrogens is 1. The van der Waals surface area contributed by atoms with Crippen molar-refractivity contribution in [2.45, 2.75) is 19.3 Å². The molecule has 0 unspecified atom stereocenters. The number of hydrogen-bond acceptors (Lipinski definition) is 3. The Morgan fingerprint density at radius 3 is 2.79 bits per heavy atom. The summed E-state index contributed by atoms with van der Waals surface area (Å²) < 4.78 is 0. The first kappa shape index (κ1) is 9.31. The van der Waals surface area contributed by atoms with Gasteiger partial charge in [-0.25, -0.2) is 0 Å². The zero-order chi connectivity index (χ0) is 9.80. The van der Waals surface area contributed by atoms with Crippen LogP contribution in [0.1, 0.15) is 19.3 Å². The molecular formula is C11H17N3. The molecule has 0 aliphatic carbocycles. The second-order valence-electron chi connectivity index (χ2n) is 3.69. The fourth-order valence-electron chi connectivity index (χ4n) is 1.98. The van der Waals surface area contributed by atoms with E-state index in [0.717, 1.165) is 0 Å². The van der Waals surface area contributed by atoms with E-state index in [0.29, 0.717) is 0 Å². The first-order valence-corrected chi connectivity index (χ1v) is 5.28. The first-order chi connectivity index (χ1) is 6.92. The molecule has 1 aromatic rings. The summed E-state index contributed by atoms with van der Waals surface area (Å²) in [5.74, 6) is 0. The first-order valence-electron chi connectivity index (χ1n) is 5.28. The van der Waals surface area contributed by atoms with Gasteiger partial charge in [0.1, 0.15) is 0 Å². The van der Waals surface area contributed by atoms with Crippen molar-refractivity contribution in [2.75, 3.05) is 30.4 Å². The number of pyridine rings is 1. The maximum absolute atomic E-state index is 4.19. The van der Waals surface area contributed by atoms with Crippen molar-refractivity contribution in [1.82, 2.24) is 4.98 Å². The monoisotopic (exact) mass is 191 g/mol. The maximum Gasteiger partial charge on any atom is 0.0788 e. The van der Waals surface area contributed by atoms with Gasteiger partial charge in [0.2, 0.25) is 0 Å². The second kappa shape index (κ2) is 4.31. The lowest BCUT2D eigenvalue weighted by Gasteiger charge is -2.29. The highest BCUT2D eigenvalue weighted by atomic mass is 15.2. The zero-order valence-corrected chi connectivity index (χ0v) is 8.66. The number of rotatable bonds is 2. The highest BCUT2D eigenvalue weighted by molar-refractivity contribution is 5.68. The highest BCUT2D eigenvalue weighted by Crippen LogP contribution is 2.26. The van der Waals surface area contributed by atoms with E-state index in [4.69, 9.17) is 0 Å². The number of nitrogens with one attached hydrogen (secondary N) is 1. The van der Waals surface area contributed by atoms with Crippen LogP contribution in [0, 0.1) is 0 Å². The van der Waals surface area contributed by atoms with Gasteiger partial charge in [0.15, 0.2) is 0 Å². The van der Waals surface area contributed by atoms with Crippen LogP contribution in [0.15, 0.2) is 18.5 Å². The Hall–Kier alpha value is -1.25. The molecule has 0 bridgehead atoms. The summed E-state index contributed by atoms with van der Waals surface area (Å²) in [4.78, 5) is 6.61. The fourth-order valence-corrected chi connectivity index (χ4v) is 1.98. The van der Waals surface area contributed by atoms with Crippen LogP contribution in [0.3, 0.4) is 0 Å². The second-order valence-corrected chi connectivity index (χ2v) is 3.69. The van der Waals surface area contributed by atoms with Gasteiger partial charge in [0.05, 0.1) is 17.6 Å². The van der Waals surface area contributed by atoms with Crippen molar-refractivity contribution in [3.8, 4) is 0 Å². The minimum Gasteiger partial charge on any atom is -0.386 e. The molecule has 2 rings (SSSR count). The van der Waals surface area contributed by atoms with Gasteiger partial charge in [0, 0.05) is 26.3 Å². The highest BCUT2D eigenvalue weighted by Gasteiger charge is 2.13. The van der Waals surface area contributed by atoms with Gasteiger partial charge in [-0.3, -0.25) is 4.98 Å². The van der Waals surface area contributed by atoms with Gasteiger partial charge in [0.25, 0.3) is 0 Å². The third kappa shape index (κ3) is 1.81. The Morgan fingerprint density at radius 1 is 1.29 bits per heavy atom. The Bertz CT molecular complexity index is 292. The summed E-state index contributed by atoms with van der Waals surface area (Å²) >= 11 is 0. The summed E-state index contributed by atoms with van der Waals surface area (Å²) in [6, 6.07) is 2.03. The number of nitrogens with zero attached hydrogens (tertiary/aromatic N) is 2. The standard InChI is InChI=1S/C11H17N3/c1-12-10-5-6-13-9-11(10)14-7-3-2-4-8-14/h5-6,9H,2-4,7-8H2,1H3,(H,12,13). The van der Waals surface area contributed by atoms with Crippen LogP contribution < -0.4 is 10.2 Å². The van der Waals surface area contributed by atoms with Crippen molar-refractivity contribution >= 4 is 11.4 Å². The minimum absolute atomic E-state index is 1.17. The molecule has 0 amide bonds. The quantitative estimate of drug-likeness (QED) is 0.776. The van der Waals surface area contributed by atoms with Crippen LogP contribution in [0.5, 0.6) is 0 Å². The lowest BCUT2D eigenvalue weighted by atomic mass is 10.1. The predicted octanol–water partition coefficient (Wildman–Crippen LogP) is 2.11. The molecule has 3 nitrogen and oxygen atoms in total. The summed E-state index contributed by atoms with van der Waals surface area (Å²) in [5, 5.41) is 3.21. The molecule has 1 saturated heterocycles. The molecule has 0 atom stereocenters. The van der Waals surface area contributed by atoms with Crippen molar-refractivity contribution in [3.63, 3.8) is 0 Å². The largest absolute Gasteiger partial charge is 0.386 e. The topological polar surface area (TPSA) is 28.2 Å². The van der Waals surface area contributed by atoms with E-state index < -0.39 is 0 Å². The van der Waals surface area contributed by atoms with Crippen molar-refractivity contribution in [3.05, 3.63) is 18.5 Å². The molecule has 0 saturated carbocycles. The molecule has 1 fully saturated rings. The number of anilines is 2. The smallest absolute Gasteiger partial charge is 0.0788 e. The molecule has 0 radical (unpaired) electrons. The van der Waals surface area contributed by atoms with Crippen LogP contribution in [0.4, 0.5) is 11.4 Å². The van der Waals surface area contributed by atoms with Gasteiger partial charge in [-0.1, -0.05) is 0 Å². The lowest BCUT2D eigenvalue weighted by molar-refractivity contribution is 0.577. The van der Waals surface area contributed by atoms with Crippen molar-refractivity contribution in [1.29, 1.82) is 0 Å². The van der Waals surface area contributed by atoms with Gasteiger partial charge in [-0.2, -0.15) is 0 Å². The summed E-state index contributed by atoms with van der Waals surface area (Å²) in [6.07, 6.45) is 7.76. The molecule has 0 aromatic carbocycles. The molecular weight excluding hydrogens is 174 g/mol. The van der Waals surface area contributed by atoms with Crippen LogP contribution in [0.25, 0.3) is 0 Å². The van der Waals surface area contributed by atoms with Crippen LogP contribution >= 0.6 is 0 Å². The van der Waals surface area contributed by atoms with E-state index in [-0.39, 0.29) is 0 Å². The van der Waals surface area contributed by atoms with Crippen molar-refractivity contribution < 1.29 is 0 Å². The molecule has 3 heteroatoms. The van der Waals surface area contributed by atoms with Gasteiger partial charge < -0.3 is 10.2 Å². The molecule has 1 aromatic heterocycles. The molecule has 2 heterocycles. The minimum atomic E-state index is 1.17. The van der Waals surface area contributed by atoms with Crippen LogP contribution in [-0.4, -0.2) is 25.1 Å². The molecule has 0 spiro atoms. The average molecular weight is 191 g/mol. The zero-order valence-electron chi connectivity index (χ0n) is 8.66. The van der Waals surface area contributed by atoms with E-state index in [1.54, 1.807) is 0 Å². The van der Waals surface area contributed by atoms with Gasteiger partial charge in [-0.15, -0.1) is 0 Å². The summed E-state index contributed by atoms with van der Waals surface area (Å²) in [6.45, 7) is 2.33. The molecule has 1 N–H and O–H groups in total. The van der Waals surface area contributed by atoms with Crippen LogP contribution in [0.2, 0.25) is 0 Å². The average Bonchev–Trinajstić information content (AvgIpc) is 2.30. The molecule has 76 valence electrons. The van der Waals surface area contributed by atoms with Crippen LogP contribution in [-0.2, 0) is 0 Å². The molecule has 1 aliphatic heterocycles. The molecule has 1 aliphatic rings. The Labute approximate surface area is 85.1 Å². The Morgan fingerprint density at radius 2 is 2.07 bits per heavy atom. The summed E-state index contributed by atoms with van der Waals surface area (Å²) in [5.41, 5.74) is 2.43. The summed E-state index contributed by atoms with van der Waals surface area (Å²) in [7, 11) is 1.96. The maximum atomic E-state index is 4.19. The predicted molar refractivity (Wildman–Crippen MR) is 59.8 cm³/mol. The van der Waals surface area contributed by atoms with Crippen molar-refractivity contribution in [2.24, 2.45) is 0 Å². The molecule has 14 heavy (non-hydrogen) atoms. The van der Waals surface area contributed by atoms with E-state index in [1.807, 2.05) is 25.5 Å². The Balaban J connectivity index is 2.20. The number of piperidine rings is 1. The lowest BCUT2D eigenvalue weighted by Crippen LogP contribution is -2.30. The van der Waals surface area contributed by atoms with Gasteiger partial charge >= 0.3 is 0 Å². The van der Waals surface area contributed by atoms with E-state index in [2.05, 4.69) is 15.2 Å². The fraction of sp³-hybridized carbons (Fsp3) is 0.545. The normalized spacial score (nSPS) is 16.8. The van der Waals surface area contributed by atoms with E-state index >= 15 is 0 Å². The number of hydrogen-bond donors (Lipinski definition) is 1. The third-order valence-electron chi connectivity index (χ3n) is 2.77. The van der Waals surface area contributed by atoms with E-state index in [9.17, 15) is 0 Å². The van der Waals surface area contributed by atoms with Gasteiger partial charge in [-0.05, 0) is 25.3 Å². The van der Waals surface area contributed by atoms with E-state index in [1.165, 1.54) is 43.7 Å².